The molecule has 2 N–H and O–H groups in total. The monoisotopic (exact) mass is 419 g/mol. The molecule has 1 aliphatic carbocycles. The standard InChI is InChI=1S/C24H25N3O4/c28-21-5-2-1-4-20(21)26-24(29)19-13-17(14-22-23(19)31-15-30-22)12-16-6-8-18(9-7-16)27-11-3-10-25-27/h3,6-11,13-14,20-21,28H,1-2,4-5,12,15H2,(H,26,29)/t20-,21-/m0/s1. The fraction of sp³-hybridized carbons (Fsp3) is 0.333. The van der Waals surface area contributed by atoms with Crippen molar-refractivity contribution in [3.05, 3.63) is 71.5 Å². The number of benzene rings is 2. The molecule has 3 aromatic rings. The highest BCUT2D eigenvalue weighted by molar-refractivity contribution is 5.98. The molecule has 5 rings (SSSR count). The second-order valence-electron chi connectivity index (χ2n) is 8.10. The predicted octanol–water partition coefficient (Wildman–Crippen LogP) is 3.23. The maximum absolute atomic E-state index is 13.0. The lowest BCUT2D eigenvalue weighted by molar-refractivity contribution is 0.0714. The fourth-order valence-electron chi connectivity index (χ4n) is 4.29. The molecule has 2 aliphatic rings. The van der Waals surface area contributed by atoms with Crippen molar-refractivity contribution in [2.45, 2.75) is 44.2 Å². The lowest BCUT2D eigenvalue weighted by Crippen LogP contribution is -2.45. The number of carbonyl (C=O) groups excluding carboxylic acids is 1. The van der Waals surface area contributed by atoms with Gasteiger partial charge in [0.2, 0.25) is 6.79 Å². The van der Waals surface area contributed by atoms with Crippen LogP contribution in [0.5, 0.6) is 11.5 Å². The third-order valence-corrected chi connectivity index (χ3v) is 5.94. The molecule has 2 atom stereocenters. The van der Waals surface area contributed by atoms with Crippen LogP contribution >= 0.6 is 0 Å². The quantitative estimate of drug-likeness (QED) is 0.663. The predicted molar refractivity (Wildman–Crippen MR) is 115 cm³/mol. The van der Waals surface area contributed by atoms with Gasteiger partial charge in [-0.3, -0.25) is 4.79 Å². The summed E-state index contributed by atoms with van der Waals surface area (Å²) in [5, 5.41) is 17.5. The van der Waals surface area contributed by atoms with Crippen molar-refractivity contribution in [3.63, 3.8) is 0 Å². The number of fused-ring (bicyclic) bond motifs is 1. The molecule has 0 unspecified atom stereocenters. The van der Waals surface area contributed by atoms with E-state index >= 15 is 0 Å². The van der Waals surface area contributed by atoms with Gasteiger partial charge in [0, 0.05) is 12.4 Å². The lowest BCUT2D eigenvalue weighted by atomic mass is 9.92. The molecule has 1 saturated carbocycles. The molecule has 0 radical (unpaired) electrons. The van der Waals surface area contributed by atoms with E-state index in [9.17, 15) is 9.90 Å². The Morgan fingerprint density at radius 1 is 1.13 bits per heavy atom. The van der Waals surface area contributed by atoms with Crippen LogP contribution in [0.25, 0.3) is 5.69 Å². The summed E-state index contributed by atoms with van der Waals surface area (Å²) in [5.41, 5.74) is 3.52. The molecular weight excluding hydrogens is 394 g/mol. The number of nitrogens with zero attached hydrogens (tertiary/aromatic N) is 2. The number of aliphatic hydroxyl groups excluding tert-OH is 1. The van der Waals surface area contributed by atoms with E-state index in [1.165, 1.54) is 0 Å². The van der Waals surface area contributed by atoms with Crippen molar-refractivity contribution in [2.24, 2.45) is 0 Å². The maximum atomic E-state index is 13.0. The highest BCUT2D eigenvalue weighted by atomic mass is 16.7. The molecule has 7 heteroatoms. The van der Waals surface area contributed by atoms with Crippen LogP contribution < -0.4 is 14.8 Å². The van der Waals surface area contributed by atoms with Gasteiger partial charge in [-0.05, 0) is 60.7 Å². The molecule has 1 fully saturated rings. The Kier molecular flexibility index (Phi) is 5.34. The number of hydrogen-bond acceptors (Lipinski definition) is 5. The van der Waals surface area contributed by atoms with E-state index in [4.69, 9.17) is 9.47 Å². The minimum Gasteiger partial charge on any atom is -0.454 e. The molecule has 7 nitrogen and oxygen atoms in total. The van der Waals surface area contributed by atoms with E-state index < -0.39 is 6.10 Å². The van der Waals surface area contributed by atoms with Crippen LogP contribution in [-0.4, -0.2) is 39.7 Å². The highest BCUT2D eigenvalue weighted by Gasteiger charge is 2.28. The summed E-state index contributed by atoms with van der Waals surface area (Å²) in [4.78, 5) is 13.0. The smallest absolute Gasteiger partial charge is 0.255 e. The first-order valence-corrected chi connectivity index (χ1v) is 10.7. The zero-order chi connectivity index (χ0) is 21.2. The average molecular weight is 419 g/mol. The van der Waals surface area contributed by atoms with Crippen molar-refractivity contribution in [1.82, 2.24) is 15.1 Å². The number of hydrogen-bond donors (Lipinski definition) is 2. The topological polar surface area (TPSA) is 85.6 Å². The van der Waals surface area contributed by atoms with Gasteiger partial charge in [0.05, 0.1) is 23.4 Å². The van der Waals surface area contributed by atoms with Crippen LogP contribution in [0.4, 0.5) is 0 Å². The molecule has 1 amide bonds. The fourth-order valence-corrected chi connectivity index (χ4v) is 4.29. The first kappa shape index (κ1) is 19.6. The number of carbonyl (C=O) groups is 1. The minimum atomic E-state index is -0.501. The zero-order valence-electron chi connectivity index (χ0n) is 17.2. The summed E-state index contributed by atoms with van der Waals surface area (Å²) in [7, 11) is 0. The molecule has 1 aliphatic heterocycles. The normalized spacial score (nSPS) is 19.9. The molecule has 31 heavy (non-hydrogen) atoms. The van der Waals surface area contributed by atoms with E-state index in [2.05, 4.69) is 22.5 Å². The largest absolute Gasteiger partial charge is 0.454 e. The number of rotatable bonds is 5. The summed E-state index contributed by atoms with van der Waals surface area (Å²) >= 11 is 0. The van der Waals surface area contributed by atoms with Crippen molar-refractivity contribution in [1.29, 1.82) is 0 Å². The number of ether oxygens (including phenoxy) is 2. The molecule has 1 aromatic heterocycles. The summed E-state index contributed by atoms with van der Waals surface area (Å²) < 4.78 is 13.0. The van der Waals surface area contributed by atoms with E-state index in [1.54, 1.807) is 6.20 Å². The number of aliphatic hydroxyl groups is 1. The van der Waals surface area contributed by atoms with Crippen molar-refractivity contribution in [3.8, 4) is 17.2 Å². The second kappa shape index (κ2) is 8.43. The van der Waals surface area contributed by atoms with Gasteiger partial charge in [-0.2, -0.15) is 5.10 Å². The van der Waals surface area contributed by atoms with Crippen LogP contribution in [0.1, 0.15) is 47.2 Å². The van der Waals surface area contributed by atoms with Gasteiger partial charge in [-0.25, -0.2) is 4.68 Å². The minimum absolute atomic E-state index is 0.101. The summed E-state index contributed by atoms with van der Waals surface area (Å²) in [6.45, 7) is 0.101. The lowest BCUT2D eigenvalue weighted by Gasteiger charge is -2.28. The molecule has 2 heterocycles. The van der Waals surface area contributed by atoms with E-state index in [1.807, 2.05) is 41.2 Å². The van der Waals surface area contributed by atoms with Gasteiger partial charge in [0.15, 0.2) is 11.5 Å². The third kappa shape index (κ3) is 4.14. The highest BCUT2D eigenvalue weighted by Crippen LogP contribution is 2.37. The van der Waals surface area contributed by atoms with E-state index in [0.29, 0.717) is 23.5 Å². The Morgan fingerprint density at radius 2 is 1.97 bits per heavy atom. The average Bonchev–Trinajstić information content (AvgIpc) is 3.47. The molecule has 0 spiro atoms. The third-order valence-electron chi connectivity index (χ3n) is 5.94. The van der Waals surface area contributed by atoms with E-state index in [0.717, 1.165) is 42.5 Å². The van der Waals surface area contributed by atoms with E-state index in [-0.39, 0.29) is 18.7 Å². The molecule has 160 valence electrons. The summed E-state index contributed by atoms with van der Waals surface area (Å²) in [6, 6.07) is 13.6. The van der Waals surface area contributed by atoms with Crippen molar-refractivity contribution < 1.29 is 19.4 Å². The maximum Gasteiger partial charge on any atom is 0.255 e. The van der Waals surface area contributed by atoms with Gasteiger partial charge in [0.1, 0.15) is 0 Å². The van der Waals surface area contributed by atoms with Crippen LogP contribution in [0.2, 0.25) is 0 Å². The van der Waals surface area contributed by atoms with Crippen LogP contribution in [-0.2, 0) is 6.42 Å². The van der Waals surface area contributed by atoms with Crippen LogP contribution in [0.15, 0.2) is 54.9 Å². The second-order valence-corrected chi connectivity index (χ2v) is 8.10. The SMILES string of the molecule is O=C(N[C@H]1CCCC[C@@H]1O)c1cc(Cc2ccc(-n3cccn3)cc2)cc2c1OCO2. The van der Waals surface area contributed by atoms with Crippen LogP contribution in [0.3, 0.4) is 0 Å². The van der Waals surface area contributed by atoms with Crippen molar-refractivity contribution >= 4 is 5.91 Å². The zero-order valence-corrected chi connectivity index (χ0v) is 17.2. The Hall–Kier alpha value is -3.32. The van der Waals surface area contributed by atoms with Gasteiger partial charge in [-0.15, -0.1) is 0 Å². The molecular formula is C24H25N3O4. The first-order valence-electron chi connectivity index (χ1n) is 10.7. The Bertz CT molecular complexity index is 1060. The van der Waals surface area contributed by atoms with Gasteiger partial charge >= 0.3 is 0 Å². The Morgan fingerprint density at radius 3 is 2.74 bits per heavy atom. The van der Waals surface area contributed by atoms with Gasteiger partial charge in [0.25, 0.3) is 5.91 Å². The number of amides is 1. The van der Waals surface area contributed by atoms with Gasteiger partial charge < -0.3 is 19.9 Å². The molecule has 2 aromatic carbocycles. The molecule has 0 bridgehead atoms. The van der Waals surface area contributed by atoms with Crippen molar-refractivity contribution in [2.75, 3.05) is 6.79 Å². The first-order chi connectivity index (χ1) is 15.2. The number of nitrogens with one attached hydrogen (secondary N) is 1. The number of aromatic nitrogens is 2. The Balaban J connectivity index is 1.37. The van der Waals surface area contributed by atoms with Crippen LogP contribution in [0, 0.1) is 0 Å². The Labute approximate surface area is 180 Å². The summed E-state index contributed by atoms with van der Waals surface area (Å²) in [5.74, 6) is 0.823. The van der Waals surface area contributed by atoms with Gasteiger partial charge in [-0.1, -0.05) is 25.0 Å². The molecule has 0 saturated heterocycles. The summed E-state index contributed by atoms with van der Waals surface area (Å²) in [6.07, 6.45) is 7.32.